The Morgan fingerprint density at radius 2 is 2.10 bits per heavy atom. The maximum absolute atomic E-state index is 11.4. The van der Waals surface area contributed by atoms with Crippen molar-refractivity contribution < 1.29 is 23.9 Å². The van der Waals surface area contributed by atoms with Crippen LogP contribution >= 0.6 is 0 Å². The number of nitrogens with zero attached hydrogens (tertiary/aromatic N) is 1. The van der Waals surface area contributed by atoms with Gasteiger partial charge < -0.3 is 14.2 Å². The number of ether oxygens (including phenoxy) is 3. The standard InChI is InChI=1S/C14H19NO6/c1-3-4-5-8-20-14(16)10-21-11-6-7-12(15(17)18)13(9-11)19-2/h6-7,9H,3-5,8,10H2,1-2H3. The molecule has 0 N–H and O–H groups in total. The summed E-state index contributed by atoms with van der Waals surface area (Å²) in [5, 5.41) is 10.7. The van der Waals surface area contributed by atoms with Crippen LogP contribution in [0.4, 0.5) is 5.69 Å². The van der Waals surface area contributed by atoms with E-state index in [9.17, 15) is 14.9 Å². The van der Waals surface area contributed by atoms with E-state index in [4.69, 9.17) is 14.2 Å². The topological polar surface area (TPSA) is 87.9 Å². The summed E-state index contributed by atoms with van der Waals surface area (Å²) in [6, 6.07) is 4.04. The van der Waals surface area contributed by atoms with Gasteiger partial charge in [0.1, 0.15) is 5.75 Å². The van der Waals surface area contributed by atoms with E-state index in [1.54, 1.807) is 0 Å². The molecule has 0 aliphatic carbocycles. The van der Waals surface area contributed by atoms with Crippen LogP contribution in [0.5, 0.6) is 11.5 Å². The van der Waals surface area contributed by atoms with Crippen LogP contribution in [-0.4, -0.2) is 31.2 Å². The van der Waals surface area contributed by atoms with Crippen molar-refractivity contribution in [2.24, 2.45) is 0 Å². The minimum atomic E-state index is -0.551. The first-order valence-corrected chi connectivity index (χ1v) is 6.69. The third-order valence-corrected chi connectivity index (χ3v) is 2.72. The molecule has 21 heavy (non-hydrogen) atoms. The van der Waals surface area contributed by atoms with Gasteiger partial charge in [0.15, 0.2) is 6.61 Å². The smallest absolute Gasteiger partial charge is 0.344 e. The van der Waals surface area contributed by atoms with Gasteiger partial charge in [0.05, 0.1) is 18.6 Å². The van der Waals surface area contributed by atoms with Crippen molar-refractivity contribution in [1.29, 1.82) is 0 Å². The van der Waals surface area contributed by atoms with Crippen molar-refractivity contribution in [2.75, 3.05) is 20.3 Å². The number of benzene rings is 1. The van der Waals surface area contributed by atoms with Gasteiger partial charge in [0.2, 0.25) is 5.75 Å². The van der Waals surface area contributed by atoms with Crippen molar-refractivity contribution in [3.05, 3.63) is 28.3 Å². The Labute approximate surface area is 123 Å². The molecular weight excluding hydrogens is 278 g/mol. The highest BCUT2D eigenvalue weighted by atomic mass is 16.6. The number of nitro groups is 1. The number of methoxy groups -OCH3 is 1. The molecule has 0 bridgehead atoms. The fourth-order valence-electron chi connectivity index (χ4n) is 1.62. The highest BCUT2D eigenvalue weighted by Crippen LogP contribution is 2.30. The molecule has 116 valence electrons. The van der Waals surface area contributed by atoms with Gasteiger partial charge in [-0.3, -0.25) is 10.1 Å². The molecule has 0 unspecified atom stereocenters. The van der Waals surface area contributed by atoms with Crippen molar-refractivity contribution in [1.82, 2.24) is 0 Å². The molecule has 0 atom stereocenters. The fourth-order valence-corrected chi connectivity index (χ4v) is 1.62. The Bertz CT molecular complexity index is 488. The lowest BCUT2D eigenvalue weighted by atomic mass is 10.3. The van der Waals surface area contributed by atoms with E-state index in [1.165, 1.54) is 25.3 Å². The number of unbranched alkanes of at least 4 members (excludes halogenated alkanes) is 2. The van der Waals surface area contributed by atoms with Crippen LogP contribution in [0.15, 0.2) is 18.2 Å². The third kappa shape index (κ3) is 5.68. The molecule has 0 spiro atoms. The second-order valence-electron chi connectivity index (χ2n) is 4.31. The van der Waals surface area contributed by atoms with E-state index in [2.05, 4.69) is 6.92 Å². The molecule has 7 nitrogen and oxygen atoms in total. The molecular formula is C14H19NO6. The maximum Gasteiger partial charge on any atom is 0.344 e. The molecule has 0 amide bonds. The third-order valence-electron chi connectivity index (χ3n) is 2.72. The van der Waals surface area contributed by atoms with E-state index in [0.717, 1.165) is 19.3 Å². The minimum Gasteiger partial charge on any atom is -0.490 e. The Morgan fingerprint density at radius 1 is 1.33 bits per heavy atom. The predicted octanol–water partition coefficient (Wildman–Crippen LogP) is 2.72. The largest absolute Gasteiger partial charge is 0.490 e. The van der Waals surface area contributed by atoms with Crippen LogP contribution in [0.2, 0.25) is 0 Å². The summed E-state index contributed by atoms with van der Waals surface area (Å²) in [5.74, 6) is -0.0832. The highest BCUT2D eigenvalue weighted by Gasteiger charge is 2.15. The lowest BCUT2D eigenvalue weighted by Gasteiger charge is -2.08. The van der Waals surface area contributed by atoms with Crippen LogP contribution in [0.3, 0.4) is 0 Å². The number of rotatable bonds is 9. The number of hydrogen-bond donors (Lipinski definition) is 0. The van der Waals surface area contributed by atoms with Crippen molar-refractivity contribution in [3.8, 4) is 11.5 Å². The fraction of sp³-hybridized carbons (Fsp3) is 0.500. The van der Waals surface area contributed by atoms with E-state index < -0.39 is 10.9 Å². The van der Waals surface area contributed by atoms with E-state index in [1.807, 2.05) is 0 Å². The molecule has 0 aliphatic heterocycles. The molecule has 0 fully saturated rings. The van der Waals surface area contributed by atoms with Crippen LogP contribution in [0.1, 0.15) is 26.2 Å². The quantitative estimate of drug-likeness (QED) is 0.301. The number of hydrogen-bond acceptors (Lipinski definition) is 6. The summed E-state index contributed by atoms with van der Waals surface area (Å²) in [5.41, 5.74) is -0.160. The first-order chi connectivity index (χ1) is 10.1. The summed E-state index contributed by atoms with van der Waals surface area (Å²) in [6.07, 6.45) is 2.89. The molecule has 1 rings (SSSR count). The molecule has 0 aromatic heterocycles. The number of carbonyl (C=O) groups excluding carboxylic acids is 1. The minimum absolute atomic E-state index is 0.0776. The summed E-state index contributed by atoms with van der Waals surface area (Å²) in [6.45, 7) is 2.19. The summed E-state index contributed by atoms with van der Waals surface area (Å²) in [7, 11) is 1.33. The van der Waals surface area contributed by atoms with Crippen molar-refractivity contribution in [3.63, 3.8) is 0 Å². The second kappa shape index (κ2) is 8.78. The van der Waals surface area contributed by atoms with Gasteiger partial charge in [0, 0.05) is 12.1 Å². The van der Waals surface area contributed by atoms with Crippen molar-refractivity contribution in [2.45, 2.75) is 26.2 Å². The molecule has 1 aromatic carbocycles. The Balaban J connectivity index is 2.48. The van der Waals surface area contributed by atoms with E-state index in [-0.39, 0.29) is 18.0 Å². The second-order valence-corrected chi connectivity index (χ2v) is 4.31. The summed E-state index contributed by atoms with van der Waals surface area (Å²) in [4.78, 5) is 21.6. The SMILES string of the molecule is CCCCCOC(=O)COc1ccc([N+](=O)[O-])c(OC)c1. The molecule has 1 aromatic rings. The van der Waals surface area contributed by atoms with Crippen LogP contribution in [0, 0.1) is 10.1 Å². The summed E-state index contributed by atoms with van der Waals surface area (Å²) >= 11 is 0. The number of carbonyl (C=O) groups is 1. The van der Waals surface area contributed by atoms with Crippen molar-refractivity contribution >= 4 is 11.7 Å². The Hall–Kier alpha value is -2.31. The van der Waals surface area contributed by atoms with Gasteiger partial charge in [-0.15, -0.1) is 0 Å². The normalized spacial score (nSPS) is 10.0. The average Bonchev–Trinajstić information content (AvgIpc) is 2.49. The molecule has 0 heterocycles. The molecule has 0 saturated carbocycles. The highest BCUT2D eigenvalue weighted by molar-refractivity contribution is 5.71. The Kier molecular flexibility index (Phi) is 7.00. The van der Waals surface area contributed by atoms with Gasteiger partial charge in [0.25, 0.3) is 0 Å². The molecule has 0 radical (unpaired) electrons. The lowest BCUT2D eigenvalue weighted by molar-refractivity contribution is -0.385. The van der Waals surface area contributed by atoms with Gasteiger partial charge in [-0.1, -0.05) is 19.8 Å². The van der Waals surface area contributed by atoms with Gasteiger partial charge in [-0.25, -0.2) is 4.79 Å². The maximum atomic E-state index is 11.4. The predicted molar refractivity (Wildman–Crippen MR) is 75.6 cm³/mol. The van der Waals surface area contributed by atoms with Gasteiger partial charge >= 0.3 is 11.7 Å². The first-order valence-electron chi connectivity index (χ1n) is 6.69. The molecule has 0 saturated heterocycles. The van der Waals surface area contributed by atoms with Gasteiger partial charge in [-0.2, -0.15) is 0 Å². The summed E-state index contributed by atoms with van der Waals surface area (Å²) < 4.78 is 15.1. The zero-order chi connectivity index (χ0) is 15.7. The van der Waals surface area contributed by atoms with Gasteiger partial charge in [-0.05, 0) is 12.5 Å². The first kappa shape index (κ1) is 16.7. The lowest BCUT2D eigenvalue weighted by Crippen LogP contribution is -2.15. The Morgan fingerprint density at radius 3 is 2.71 bits per heavy atom. The van der Waals surface area contributed by atoms with E-state index in [0.29, 0.717) is 12.4 Å². The number of nitro benzene ring substituents is 1. The zero-order valence-electron chi connectivity index (χ0n) is 12.2. The zero-order valence-corrected chi connectivity index (χ0v) is 12.2. The average molecular weight is 297 g/mol. The molecule has 0 aliphatic rings. The number of esters is 1. The van der Waals surface area contributed by atoms with Crippen LogP contribution in [0.25, 0.3) is 0 Å². The van der Waals surface area contributed by atoms with E-state index >= 15 is 0 Å². The van der Waals surface area contributed by atoms with Crippen LogP contribution < -0.4 is 9.47 Å². The van der Waals surface area contributed by atoms with Crippen LogP contribution in [-0.2, 0) is 9.53 Å². The monoisotopic (exact) mass is 297 g/mol. The molecule has 7 heteroatoms.